The van der Waals surface area contributed by atoms with Crippen molar-refractivity contribution in [2.75, 3.05) is 26.1 Å². The van der Waals surface area contributed by atoms with Crippen molar-refractivity contribution >= 4 is 17.5 Å². The number of hydrogen-bond donors (Lipinski definition) is 1. The predicted molar refractivity (Wildman–Crippen MR) is 119 cm³/mol. The second kappa shape index (κ2) is 8.70. The van der Waals surface area contributed by atoms with E-state index in [1.54, 1.807) is 30.3 Å². The van der Waals surface area contributed by atoms with Crippen molar-refractivity contribution in [1.82, 2.24) is 4.90 Å². The minimum atomic E-state index is -0.603. The highest BCUT2D eigenvalue weighted by Gasteiger charge is 2.34. The van der Waals surface area contributed by atoms with Gasteiger partial charge < -0.3 is 19.7 Å². The minimum Gasteiger partial charge on any atom is -0.497 e. The first-order chi connectivity index (χ1) is 15.4. The Kier molecular flexibility index (Phi) is 5.81. The van der Waals surface area contributed by atoms with Crippen molar-refractivity contribution in [2.24, 2.45) is 0 Å². The molecule has 0 fully saturated rings. The van der Waals surface area contributed by atoms with Gasteiger partial charge in [-0.3, -0.25) is 9.59 Å². The Morgan fingerprint density at radius 2 is 1.66 bits per heavy atom. The average molecular weight is 434 g/mol. The number of rotatable bonds is 4. The molecule has 0 spiro atoms. The Bertz CT molecular complexity index is 1150. The van der Waals surface area contributed by atoms with Crippen LogP contribution in [0.15, 0.2) is 60.7 Å². The number of amides is 2. The lowest BCUT2D eigenvalue weighted by atomic mass is 9.94. The summed E-state index contributed by atoms with van der Waals surface area (Å²) in [5, 5.41) is 2.89. The second-order valence-electron chi connectivity index (χ2n) is 7.63. The SMILES string of the molecule is COc1cc(OC)cc(C(=O)N2CC(=O)Nc3ccc(C)cc3[C@@H]2c2ccc(F)cc2)c1. The largest absolute Gasteiger partial charge is 0.497 e. The molecule has 1 heterocycles. The van der Waals surface area contributed by atoms with Crippen LogP contribution in [0.1, 0.15) is 33.1 Å². The molecule has 1 aliphatic heterocycles. The van der Waals surface area contributed by atoms with Crippen molar-refractivity contribution in [1.29, 1.82) is 0 Å². The van der Waals surface area contributed by atoms with Crippen LogP contribution < -0.4 is 14.8 Å². The third-order valence-electron chi connectivity index (χ3n) is 5.45. The number of carbonyl (C=O) groups is 2. The molecule has 2 amide bonds. The lowest BCUT2D eigenvalue weighted by Crippen LogP contribution is -2.39. The molecule has 3 aromatic carbocycles. The number of halogens is 1. The van der Waals surface area contributed by atoms with Crippen LogP contribution in [0, 0.1) is 12.7 Å². The van der Waals surface area contributed by atoms with E-state index in [4.69, 9.17) is 9.47 Å². The van der Waals surface area contributed by atoms with Crippen molar-refractivity contribution in [3.63, 3.8) is 0 Å². The van der Waals surface area contributed by atoms with Crippen molar-refractivity contribution in [3.05, 3.63) is 88.7 Å². The summed E-state index contributed by atoms with van der Waals surface area (Å²) in [4.78, 5) is 28.0. The summed E-state index contributed by atoms with van der Waals surface area (Å²) in [5.74, 6) is -0.150. The van der Waals surface area contributed by atoms with E-state index in [-0.39, 0.29) is 24.2 Å². The molecule has 1 atom stereocenters. The van der Waals surface area contributed by atoms with Crippen LogP contribution in [0.25, 0.3) is 0 Å². The maximum absolute atomic E-state index is 13.7. The zero-order valence-corrected chi connectivity index (χ0v) is 18.0. The predicted octanol–water partition coefficient (Wildman–Crippen LogP) is 4.34. The molecule has 0 saturated heterocycles. The molecule has 1 N–H and O–H groups in total. The quantitative estimate of drug-likeness (QED) is 0.664. The number of ether oxygens (including phenoxy) is 2. The van der Waals surface area contributed by atoms with E-state index >= 15 is 0 Å². The number of nitrogens with one attached hydrogen (secondary N) is 1. The number of benzene rings is 3. The Balaban J connectivity index is 1.89. The van der Waals surface area contributed by atoms with E-state index in [0.717, 1.165) is 11.1 Å². The van der Waals surface area contributed by atoms with Gasteiger partial charge in [0.15, 0.2) is 0 Å². The first-order valence-corrected chi connectivity index (χ1v) is 10.1. The molecule has 1 aliphatic rings. The van der Waals surface area contributed by atoms with Gasteiger partial charge in [0.25, 0.3) is 5.91 Å². The monoisotopic (exact) mass is 434 g/mol. The molecule has 4 rings (SSSR count). The highest BCUT2D eigenvalue weighted by atomic mass is 19.1. The fraction of sp³-hybridized carbons (Fsp3) is 0.200. The molecule has 164 valence electrons. The van der Waals surface area contributed by atoms with E-state index in [0.29, 0.717) is 28.3 Å². The third kappa shape index (κ3) is 4.14. The minimum absolute atomic E-state index is 0.172. The highest BCUT2D eigenvalue weighted by Crippen LogP contribution is 2.37. The number of hydrogen-bond acceptors (Lipinski definition) is 4. The summed E-state index contributed by atoms with van der Waals surface area (Å²) in [6.07, 6.45) is 0. The van der Waals surface area contributed by atoms with Crippen LogP contribution in [0.2, 0.25) is 0 Å². The molecule has 7 heteroatoms. The smallest absolute Gasteiger partial charge is 0.255 e. The summed E-state index contributed by atoms with van der Waals surface area (Å²) < 4.78 is 24.3. The number of carbonyl (C=O) groups excluding carboxylic acids is 2. The van der Waals surface area contributed by atoms with Gasteiger partial charge >= 0.3 is 0 Å². The van der Waals surface area contributed by atoms with E-state index in [1.807, 2.05) is 25.1 Å². The first kappa shape index (κ1) is 21.4. The fourth-order valence-electron chi connectivity index (χ4n) is 3.92. The Hall–Kier alpha value is -3.87. The molecule has 0 aliphatic carbocycles. The molecule has 0 saturated carbocycles. The summed E-state index contributed by atoms with van der Waals surface area (Å²) in [7, 11) is 3.01. The summed E-state index contributed by atoms with van der Waals surface area (Å²) in [5.41, 5.74) is 3.36. The number of nitrogens with zero attached hydrogens (tertiary/aromatic N) is 1. The number of methoxy groups -OCH3 is 2. The van der Waals surface area contributed by atoms with E-state index < -0.39 is 6.04 Å². The molecule has 3 aromatic rings. The highest BCUT2D eigenvalue weighted by molar-refractivity contribution is 6.02. The lowest BCUT2D eigenvalue weighted by Gasteiger charge is -2.31. The van der Waals surface area contributed by atoms with E-state index in [1.165, 1.54) is 31.3 Å². The standard InChI is InChI=1S/C25H23FN2O4/c1-15-4-9-22-21(10-15)24(16-5-7-18(26)8-6-16)28(14-23(29)27-22)25(30)17-11-19(31-2)13-20(12-17)32-3/h4-13,24H,14H2,1-3H3,(H,27,29)/t24-/m0/s1. The van der Waals surface area contributed by atoms with Gasteiger partial charge in [0.1, 0.15) is 23.9 Å². The summed E-state index contributed by atoms with van der Waals surface area (Å²) >= 11 is 0. The van der Waals surface area contributed by atoms with Crippen molar-refractivity contribution < 1.29 is 23.5 Å². The van der Waals surface area contributed by atoms with Crippen LogP contribution in [0.3, 0.4) is 0 Å². The lowest BCUT2D eigenvalue weighted by molar-refractivity contribution is -0.117. The van der Waals surface area contributed by atoms with Gasteiger partial charge in [-0.2, -0.15) is 0 Å². The van der Waals surface area contributed by atoms with Crippen LogP contribution in [-0.2, 0) is 4.79 Å². The number of aryl methyl sites for hydroxylation is 1. The van der Waals surface area contributed by atoms with Crippen molar-refractivity contribution in [3.8, 4) is 11.5 Å². The number of fused-ring (bicyclic) bond motifs is 1. The summed E-state index contributed by atoms with van der Waals surface area (Å²) in [6.45, 7) is 1.77. The maximum Gasteiger partial charge on any atom is 0.255 e. The second-order valence-corrected chi connectivity index (χ2v) is 7.63. The molecule has 0 radical (unpaired) electrons. The van der Waals surface area contributed by atoms with E-state index in [2.05, 4.69) is 5.32 Å². The average Bonchev–Trinajstić information content (AvgIpc) is 2.94. The van der Waals surface area contributed by atoms with Crippen LogP contribution in [0.4, 0.5) is 10.1 Å². The Morgan fingerprint density at radius 1 is 1.00 bits per heavy atom. The Morgan fingerprint density at radius 3 is 2.28 bits per heavy atom. The van der Waals surface area contributed by atoms with Crippen LogP contribution in [0.5, 0.6) is 11.5 Å². The third-order valence-corrected chi connectivity index (χ3v) is 5.45. The molecular formula is C25H23FN2O4. The van der Waals surface area contributed by atoms with Gasteiger partial charge in [-0.15, -0.1) is 0 Å². The molecule has 0 unspecified atom stereocenters. The van der Waals surface area contributed by atoms with Gasteiger partial charge in [0, 0.05) is 22.9 Å². The van der Waals surface area contributed by atoms with Crippen molar-refractivity contribution in [2.45, 2.75) is 13.0 Å². The maximum atomic E-state index is 13.7. The molecule has 0 aromatic heterocycles. The molecule has 32 heavy (non-hydrogen) atoms. The summed E-state index contributed by atoms with van der Waals surface area (Å²) in [6, 6.07) is 15.9. The van der Waals surface area contributed by atoms with Gasteiger partial charge in [0.2, 0.25) is 5.91 Å². The fourth-order valence-corrected chi connectivity index (χ4v) is 3.92. The van der Waals surface area contributed by atoms with Gasteiger partial charge in [0.05, 0.1) is 20.3 Å². The van der Waals surface area contributed by atoms with E-state index in [9.17, 15) is 14.0 Å². The zero-order chi connectivity index (χ0) is 22.8. The zero-order valence-electron chi connectivity index (χ0n) is 18.0. The van der Waals surface area contributed by atoms with Gasteiger partial charge in [-0.05, 0) is 42.8 Å². The topological polar surface area (TPSA) is 67.9 Å². The van der Waals surface area contributed by atoms with Gasteiger partial charge in [-0.25, -0.2) is 4.39 Å². The normalized spacial score (nSPS) is 15.4. The molecule has 0 bridgehead atoms. The molecular weight excluding hydrogens is 411 g/mol. The number of anilines is 1. The Labute approximate surface area is 185 Å². The van der Waals surface area contributed by atoms with Crippen LogP contribution in [-0.4, -0.2) is 37.5 Å². The van der Waals surface area contributed by atoms with Gasteiger partial charge in [-0.1, -0.05) is 29.8 Å². The first-order valence-electron chi connectivity index (χ1n) is 10.1. The van der Waals surface area contributed by atoms with Crippen LogP contribution >= 0.6 is 0 Å². The molecule has 6 nitrogen and oxygen atoms in total.